The van der Waals surface area contributed by atoms with Crippen LogP contribution in [0.25, 0.3) is 0 Å². The molecule has 1 amide bonds. The van der Waals surface area contributed by atoms with Gasteiger partial charge in [-0.1, -0.05) is 6.07 Å². The number of carbonyl (C=O) groups excluding carboxylic acids is 1. The first-order valence-corrected chi connectivity index (χ1v) is 8.15. The maximum Gasteiger partial charge on any atom is 0.239 e. The van der Waals surface area contributed by atoms with Crippen molar-refractivity contribution in [3.8, 4) is 5.75 Å². The van der Waals surface area contributed by atoms with E-state index in [9.17, 15) is 4.79 Å². The van der Waals surface area contributed by atoms with E-state index in [0.717, 1.165) is 50.6 Å². The van der Waals surface area contributed by atoms with Crippen molar-refractivity contribution in [2.75, 3.05) is 51.8 Å². The molecule has 6 heteroatoms. The van der Waals surface area contributed by atoms with Crippen LogP contribution in [-0.2, 0) is 9.53 Å². The van der Waals surface area contributed by atoms with Gasteiger partial charge in [0.1, 0.15) is 5.75 Å². The monoisotopic (exact) mass is 319 g/mol. The van der Waals surface area contributed by atoms with Crippen LogP contribution in [0.3, 0.4) is 0 Å². The molecule has 2 fully saturated rings. The van der Waals surface area contributed by atoms with Crippen LogP contribution in [-0.4, -0.2) is 69.9 Å². The molecule has 6 nitrogen and oxygen atoms in total. The maximum atomic E-state index is 12.6. The number of anilines is 1. The van der Waals surface area contributed by atoms with E-state index in [1.165, 1.54) is 0 Å². The second-order valence-corrected chi connectivity index (χ2v) is 6.07. The summed E-state index contributed by atoms with van der Waals surface area (Å²) in [6.07, 6.45) is 0.924. The predicted octanol–water partition coefficient (Wildman–Crippen LogP) is 0.721. The number of nitrogens with one attached hydrogen (secondary N) is 1. The summed E-state index contributed by atoms with van der Waals surface area (Å²) in [6.45, 7) is 3.97. The fourth-order valence-electron chi connectivity index (χ4n) is 3.28. The highest BCUT2D eigenvalue weighted by Crippen LogP contribution is 2.22. The van der Waals surface area contributed by atoms with Crippen molar-refractivity contribution in [1.82, 2.24) is 10.2 Å². The smallest absolute Gasteiger partial charge is 0.239 e. The van der Waals surface area contributed by atoms with Gasteiger partial charge in [-0.25, -0.2) is 0 Å². The molecule has 1 aromatic carbocycles. The molecule has 126 valence electrons. The number of methoxy groups -OCH3 is 2. The van der Waals surface area contributed by atoms with Crippen LogP contribution in [0.1, 0.15) is 6.42 Å². The van der Waals surface area contributed by atoms with Crippen molar-refractivity contribution in [3.05, 3.63) is 24.3 Å². The highest BCUT2D eigenvalue weighted by Gasteiger charge is 2.33. The fourth-order valence-corrected chi connectivity index (χ4v) is 3.28. The second-order valence-electron chi connectivity index (χ2n) is 6.07. The van der Waals surface area contributed by atoms with Crippen LogP contribution in [0.2, 0.25) is 0 Å². The Morgan fingerprint density at radius 3 is 2.65 bits per heavy atom. The third-order valence-electron chi connectivity index (χ3n) is 4.73. The minimum atomic E-state index is -0.0941. The van der Waals surface area contributed by atoms with Crippen LogP contribution >= 0.6 is 0 Å². The van der Waals surface area contributed by atoms with E-state index in [1.807, 2.05) is 23.1 Å². The lowest BCUT2D eigenvalue weighted by molar-refractivity contribution is -0.133. The van der Waals surface area contributed by atoms with Crippen LogP contribution in [0.4, 0.5) is 5.69 Å². The van der Waals surface area contributed by atoms with Crippen LogP contribution in [0, 0.1) is 0 Å². The van der Waals surface area contributed by atoms with Crippen LogP contribution in [0.5, 0.6) is 5.75 Å². The molecule has 0 saturated carbocycles. The van der Waals surface area contributed by atoms with Gasteiger partial charge in [0.25, 0.3) is 0 Å². The van der Waals surface area contributed by atoms with E-state index in [1.54, 1.807) is 14.2 Å². The van der Waals surface area contributed by atoms with Crippen molar-refractivity contribution in [3.63, 3.8) is 0 Å². The van der Waals surface area contributed by atoms with E-state index in [2.05, 4.69) is 16.3 Å². The lowest BCUT2D eigenvalue weighted by Gasteiger charge is -2.37. The highest BCUT2D eigenvalue weighted by molar-refractivity contribution is 5.82. The molecule has 1 aromatic rings. The first kappa shape index (κ1) is 16.1. The molecule has 23 heavy (non-hydrogen) atoms. The third-order valence-corrected chi connectivity index (χ3v) is 4.73. The molecule has 0 aliphatic carbocycles. The molecule has 0 spiro atoms. The molecule has 1 N–H and O–H groups in total. The number of ether oxygens (including phenoxy) is 2. The predicted molar refractivity (Wildman–Crippen MR) is 89.0 cm³/mol. The number of benzene rings is 1. The minimum Gasteiger partial charge on any atom is -0.497 e. The molecule has 3 rings (SSSR count). The third kappa shape index (κ3) is 3.59. The van der Waals surface area contributed by atoms with Crippen molar-refractivity contribution >= 4 is 11.6 Å². The summed E-state index contributed by atoms with van der Waals surface area (Å²) in [4.78, 5) is 16.8. The number of hydrogen-bond donors (Lipinski definition) is 1. The number of hydrogen-bond acceptors (Lipinski definition) is 5. The van der Waals surface area contributed by atoms with Gasteiger partial charge in [0.05, 0.1) is 19.3 Å². The normalized spacial score (nSPS) is 24.8. The topological polar surface area (TPSA) is 54.0 Å². The molecule has 0 unspecified atom stereocenters. The summed E-state index contributed by atoms with van der Waals surface area (Å²) in [7, 11) is 3.38. The summed E-state index contributed by atoms with van der Waals surface area (Å²) >= 11 is 0. The quantitative estimate of drug-likeness (QED) is 0.886. The lowest BCUT2D eigenvalue weighted by atomic mass is 10.1. The van der Waals surface area contributed by atoms with E-state index in [4.69, 9.17) is 9.47 Å². The zero-order valence-corrected chi connectivity index (χ0v) is 13.8. The Balaban J connectivity index is 1.55. The lowest BCUT2D eigenvalue weighted by Crippen LogP contribution is -2.53. The molecule has 2 aliphatic heterocycles. The molecule has 0 radical (unpaired) electrons. The standard InChI is InChI=1S/C17H25N3O3/c1-22-14-5-3-4-13(10-14)19-6-8-20(9-7-19)17(21)16-11-15(23-2)12-18-16/h3-5,10,15-16,18H,6-9,11-12H2,1-2H3/t15-,16-/m0/s1. The summed E-state index contributed by atoms with van der Waals surface area (Å²) in [6, 6.07) is 7.98. The highest BCUT2D eigenvalue weighted by atomic mass is 16.5. The largest absolute Gasteiger partial charge is 0.497 e. The number of rotatable bonds is 4. The van der Waals surface area contributed by atoms with Crippen molar-refractivity contribution in [2.45, 2.75) is 18.6 Å². The van der Waals surface area contributed by atoms with Crippen LogP contribution < -0.4 is 15.0 Å². The Labute approximate surface area is 137 Å². The average Bonchev–Trinajstić information content (AvgIpc) is 3.10. The molecule has 2 aliphatic rings. The van der Waals surface area contributed by atoms with Crippen LogP contribution in [0.15, 0.2) is 24.3 Å². The van der Waals surface area contributed by atoms with Gasteiger partial charge >= 0.3 is 0 Å². The molecule has 2 heterocycles. The van der Waals surface area contributed by atoms with Crippen molar-refractivity contribution < 1.29 is 14.3 Å². The fraction of sp³-hybridized carbons (Fsp3) is 0.588. The number of amides is 1. The Morgan fingerprint density at radius 1 is 1.22 bits per heavy atom. The zero-order valence-electron chi connectivity index (χ0n) is 13.8. The van der Waals surface area contributed by atoms with Gasteiger partial charge in [0.2, 0.25) is 5.91 Å². The maximum absolute atomic E-state index is 12.6. The van der Waals surface area contributed by atoms with Gasteiger partial charge < -0.3 is 24.6 Å². The Kier molecular flexibility index (Phi) is 5.03. The Morgan fingerprint density at radius 2 is 2.00 bits per heavy atom. The molecular formula is C17H25N3O3. The van der Waals surface area contributed by atoms with E-state index in [0.29, 0.717) is 0 Å². The summed E-state index contributed by atoms with van der Waals surface area (Å²) in [5, 5.41) is 3.27. The van der Waals surface area contributed by atoms with Gasteiger partial charge in [0, 0.05) is 51.6 Å². The Hall–Kier alpha value is -1.79. The average molecular weight is 319 g/mol. The first-order chi connectivity index (χ1) is 11.2. The summed E-state index contributed by atoms with van der Waals surface area (Å²) in [5.41, 5.74) is 1.15. The van der Waals surface area contributed by atoms with E-state index in [-0.39, 0.29) is 18.1 Å². The van der Waals surface area contributed by atoms with Gasteiger partial charge in [-0.15, -0.1) is 0 Å². The van der Waals surface area contributed by atoms with Gasteiger partial charge in [-0.05, 0) is 18.6 Å². The van der Waals surface area contributed by atoms with Gasteiger partial charge in [0.15, 0.2) is 0 Å². The number of carbonyl (C=O) groups is 1. The molecule has 0 aromatic heterocycles. The van der Waals surface area contributed by atoms with Gasteiger partial charge in [-0.2, -0.15) is 0 Å². The number of piperazine rings is 1. The minimum absolute atomic E-state index is 0.0941. The number of nitrogens with zero attached hydrogens (tertiary/aromatic N) is 2. The SMILES string of the molecule is COc1cccc(N2CCN(C(=O)[C@@H]3C[C@H](OC)CN3)CC2)c1. The van der Waals surface area contributed by atoms with E-state index >= 15 is 0 Å². The van der Waals surface area contributed by atoms with E-state index < -0.39 is 0 Å². The van der Waals surface area contributed by atoms with Crippen molar-refractivity contribution in [1.29, 1.82) is 0 Å². The summed E-state index contributed by atoms with van der Waals surface area (Å²) < 4.78 is 10.6. The second kappa shape index (κ2) is 7.19. The summed E-state index contributed by atoms with van der Waals surface area (Å²) in [5.74, 6) is 1.07. The molecule has 2 atom stereocenters. The first-order valence-electron chi connectivity index (χ1n) is 8.15. The van der Waals surface area contributed by atoms with Gasteiger partial charge in [-0.3, -0.25) is 4.79 Å². The molecular weight excluding hydrogens is 294 g/mol. The molecule has 0 bridgehead atoms. The molecule has 2 saturated heterocycles. The Bertz CT molecular complexity index is 544. The van der Waals surface area contributed by atoms with Crippen molar-refractivity contribution in [2.24, 2.45) is 0 Å². The zero-order chi connectivity index (χ0) is 16.2.